The van der Waals surface area contributed by atoms with Gasteiger partial charge in [-0.3, -0.25) is 19.2 Å². The molecule has 1 saturated carbocycles. The number of piperidine rings is 1. The molecule has 3 N–H and O–H groups in total. The van der Waals surface area contributed by atoms with Crippen LogP contribution < -0.4 is 10.2 Å². The van der Waals surface area contributed by atoms with Crippen LogP contribution in [0, 0.1) is 17.8 Å². The van der Waals surface area contributed by atoms with Crippen molar-refractivity contribution in [3.63, 3.8) is 0 Å². The van der Waals surface area contributed by atoms with Gasteiger partial charge in [0, 0.05) is 57.3 Å². The van der Waals surface area contributed by atoms with Gasteiger partial charge in [-0.2, -0.15) is 0 Å². The molecule has 0 bridgehead atoms. The lowest BCUT2D eigenvalue weighted by Gasteiger charge is -2.36. The summed E-state index contributed by atoms with van der Waals surface area (Å²) in [7, 11) is 0. The number of benzene rings is 1. The quantitative estimate of drug-likeness (QED) is 0.294. The fourth-order valence-electron chi connectivity index (χ4n) is 5.99. The Morgan fingerprint density at radius 1 is 0.978 bits per heavy atom. The number of anilines is 1. The van der Waals surface area contributed by atoms with Crippen molar-refractivity contribution >= 4 is 35.7 Å². The first-order chi connectivity index (χ1) is 21.7. The van der Waals surface area contributed by atoms with Gasteiger partial charge in [-0.05, 0) is 24.7 Å². The zero-order chi connectivity index (χ0) is 32.1. The van der Waals surface area contributed by atoms with Crippen molar-refractivity contribution in [2.24, 2.45) is 17.8 Å². The third-order valence-corrected chi connectivity index (χ3v) is 8.60. The molecule has 0 radical (unpaired) electrons. The molecule has 1 aromatic carbocycles. The summed E-state index contributed by atoms with van der Waals surface area (Å²) in [6, 6.07) is 9.48. The van der Waals surface area contributed by atoms with E-state index in [0.29, 0.717) is 36.9 Å². The number of carbonyl (C=O) groups excluding carboxylic acids is 3. The molecule has 3 amide bonds. The zero-order valence-electron chi connectivity index (χ0n) is 25.1. The number of fused-ring (bicyclic) bond motifs is 1. The molecule has 4 atom stereocenters. The van der Waals surface area contributed by atoms with Crippen LogP contribution in [0.3, 0.4) is 0 Å². The van der Waals surface area contributed by atoms with Crippen molar-refractivity contribution in [1.82, 2.24) is 25.1 Å². The highest BCUT2D eigenvalue weighted by Crippen LogP contribution is 2.52. The molecular weight excluding hydrogens is 584 g/mol. The fraction of sp³-hybridized carbons (Fsp3) is 0.516. The van der Waals surface area contributed by atoms with Crippen LogP contribution in [0.15, 0.2) is 36.4 Å². The summed E-state index contributed by atoms with van der Waals surface area (Å²) >= 11 is 0. The maximum absolute atomic E-state index is 13.6. The van der Waals surface area contributed by atoms with E-state index in [1.807, 2.05) is 30.0 Å². The number of nitrogens with zero attached hydrogens (tertiary/aromatic N) is 5. The second-order valence-electron chi connectivity index (χ2n) is 11.6. The van der Waals surface area contributed by atoms with E-state index >= 15 is 0 Å². The number of amides is 3. The highest BCUT2D eigenvalue weighted by atomic mass is 16.6. The number of carboxylic acid groups (broad SMARTS) is 2. The molecule has 14 nitrogen and oxygen atoms in total. The van der Waals surface area contributed by atoms with Crippen molar-refractivity contribution < 1.29 is 38.9 Å². The highest BCUT2D eigenvalue weighted by Gasteiger charge is 2.60. The van der Waals surface area contributed by atoms with Crippen LogP contribution in [0.5, 0.6) is 0 Å². The van der Waals surface area contributed by atoms with Crippen LogP contribution in [0.1, 0.15) is 43.1 Å². The number of carboxylic acids is 2. The Balaban J connectivity index is 1.31. The van der Waals surface area contributed by atoms with E-state index < -0.39 is 35.9 Å². The Kier molecular flexibility index (Phi) is 9.79. The minimum Gasteiger partial charge on any atom is -0.481 e. The molecule has 14 heteroatoms. The monoisotopic (exact) mass is 622 g/mol. The molecule has 45 heavy (non-hydrogen) atoms. The summed E-state index contributed by atoms with van der Waals surface area (Å²) < 4.78 is 5.26. The van der Waals surface area contributed by atoms with Gasteiger partial charge in [0.25, 0.3) is 5.91 Å². The summed E-state index contributed by atoms with van der Waals surface area (Å²) in [5.41, 5.74) is 0.674. The molecular formula is C31H38N6O8. The lowest BCUT2D eigenvalue weighted by atomic mass is 10.1. The van der Waals surface area contributed by atoms with Gasteiger partial charge in [-0.15, -0.1) is 0 Å². The number of hydrogen-bond acceptors (Lipinski definition) is 9. The number of unbranched alkanes of at least 4 members (excludes halogenated alkanes) is 1. The van der Waals surface area contributed by atoms with Crippen molar-refractivity contribution in [3.05, 3.63) is 42.1 Å². The molecule has 1 aliphatic carbocycles. The van der Waals surface area contributed by atoms with Crippen LogP contribution in [-0.4, -0.2) is 112 Å². The Bertz CT molecular complexity index is 1420. The van der Waals surface area contributed by atoms with E-state index in [9.17, 15) is 34.2 Å². The minimum atomic E-state index is -1.13. The molecule has 1 unspecified atom stereocenters. The SMILES string of the molecule is CCCCOC(=O)N1CCN(C(=O)[C@H](CCC(=O)O)NC(=O)c2cc(N3C[C@@H]4C(C(=O)O)[C@@H]4C3)nc(-c3ccccc3)n2)CC1. The molecule has 2 aliphatic heterocycles. The maximum Gasteiger partial charge on any atom is 0.409 e. The number of ether oxygens (including phenoxy) is 1. The lowest BCUT2D eigenvalue weighted by Crippen LogP contribution is -2.56. The Morgan fingerprint density at radius 2 is 1.64 bits per heavy atom. The minimum absolute atomic E-state index is 0.00183. The zero-order valence-corrected chi connectivity index (χ0v) is 25.1. The van der Waals surface area contributed by atoms with E-state index in [4.69, 9.17) is 4.74 Å². The predicted molar refractivity (Wildman–Crippen MR) is 160 cm³/mol. The van der Waals surface area contributed by atoms with Gasteiger partial charge in [-0.1, -0.05) is 43.7 Å². The number of piperazine rings is 1. The summed E-state index contributed by atoms with van der Waals surface area (Å²) in [5, 5.41) is 21.5. The standard InChI is InChI=1S/C31H38N6O8/c1-2-3-15-45-31(44)36-13-11-35(12-14-36)29(41)22(9-10-25(38)39)33-28(40)23-16-24(34-27(32-23)19-7-5-4-6-8-19)37-17-20-21(18-37)26(20)30(42)43/h4-8,16,20-22,26H,2-3,9-15,17-18H2,1H3,(H,33,40)(H,38,39)(H,42,43)/t20-,21+,22-,26?/m0/s1. The van der Waals surface area contributed by atoms with E-state index in [1.165, 1.54) is 15.9 Å². The molecule has 1 aromatic heterocycles. The first kappa shape index (κ1) is 31.7. The first-order valence-electron chi connectivity index (χ1n) is 15.3. The van der Waals surface area contributed by atoms with E-state index in [-0.39, 0.29) is 62.5 Å². The number of aromatic nitrogens is 2. The maximum atomic E-state index is 13.6. The van der Waals surface area contributed by atoms with Crippen molar-refractivity contribution in [2.45, 2.75) is 38.6 Å². The average molecular weight is 623 g/mol. The van der Waals surface area contributed by atoms with Gasteiger partial charge in [0.15, 0.2) is 5.82 Å². The van der Waals surface area contributed by atoms with Gasteiger partial charge in [0.2, 0.25) is 5.91 Å². The number of rotatable bonds is 12. The smallest absolute Gasteiger partial charge is 0.409 e. The molecule has 240 valence electrons. The Hall–Kier alpha value is -4.75. The number of aliphatic carboxylic acids is 2. The van der Waals surface area contributed by atoms with Crippen molar-refractivity contribution in [3.8, 4) is 11.4 Å². The Labute approximate surface area is 260 Å². The summed E-state index contributed by atoms with van der Waals surface area (Å²) in [6.07, 6.45) is 0.754. The predicted octanol–water partition coefficient (Wildman–Crippen LogP) is 1.95. The molecule has 3 fully saturated rings. The van der Waals surface area contributed by atoms with Gasteiger partial charge < -0.3 is 35.0 Å². The summed E-state index contributed by atoms with van der Waals surface area (Å²) in [4.78, 5) is 76.5. The third-order valence-electron chi connectivity index (χ3n) is 8.60. The van der Waals surface area contributed by atoms with Crippen LogP contribution in [-0.2, 0) is 19.1 Å². The molecule has 5 rings (SSSR count). The number of nitrogens with one attached hydrogen (secondary N) is 1. The molecule has 2 aromatic rings. The molecule has 3 aliphatic rings. The number of hydrogen-bond donors (Lipinski definition) is 3. The summed E-state index contributed by atoms with van der Waals surface area (Å²) in [6.45, 7) is 4.25. The largest absolute Gasteiger partial charge is 0.481 e. The van der Waals surface area contributed by atoms with E-state index in [1.54, 1.807) is 12.1 Å². The van der Waals surface area contributed by atoms with E-state index in [0.717, 1.165) is 12.8 Å². The Morgan fingerprint density at radius 3 is 2.27 bits per heavy atom. The normalized spacial score (nSPS) is 21.1. The van der Waals surface area contributed by atoms with E-state index in [2.05, 4.69) is 15.3 Å². The van der Waals surface area contributed by atoms with Crippen molar-refractivity contribution in [1.29, 1.82) is 0 Å². The topological polar surface area (TPSA) is 183 Å². The first-order valence-corrected chi connectivity index (χ1v) is 15.3. The summed E-state index contributed by atoms with van der Waals surface area (Å²) in [5.74, 6) is -2.57. The van der Waals surface area contributed by atoms with Crippen LogP contribution in [0.25, 0.3) is 11.4 Å². The molecule has 0 spiro atoms. The lowest BCUT2D eigenvalue weighted by molar-refractivity contribution is -0.140. The highest BCUT2D eigenvalue weighted by molar-refractivity contribution is 5.97. The fourth-order valence-corrected chi connectivity index (χ4v) is 5.99. The number of carbonyl (C=O) groups is 5. The van der Waals surface area contributed by atoms with Gasteiger partial charge >= 0.3 is 18.0 Å². The molecule has 2 saturated heterocycles. The van der Waals surface area contributed by atoms with Crippen LogP contribution in [0.4, 0.5) is 10.6 Å². The second-order valence-corrected chi connectivity index (χ2v) is 11.6. The van der Waals surface area contributed by atoms with Crippen LogP contribution >= 0.6 is 0 Å². The van der Waals surface area contributed by atoms with Crippen molar-refractivity contribution in [2.75, 3.05) is 50.8 Å². The van der Waals surface area contributed by atoms with Gasteiger partial charge in [0.1, 0.15) is 17.6 Å². The molecule has 3 heterocycles. The third kappa shape index (κ3) is 7.49. The second kappa shape index (κ2) is 13.9. The van der Waals surface area contributed by atoms with Crippen LogP contribution in [0.2, 0.25) is 0 Å². The average Bonchev–Trinajstić information content (AvgIpc) is 3.56. The van der Waals surface area contributed by atoms with Gasteiger partial charge in [0.05, 0.1) is 12.5 Å². The van der Waals surface area contributed by atoms with Gasteiger partial charge in [-0.25, -0.2) is 14.8 Å².